The van der Waals surface area contributed by atoms with Crippen molar-refractivity contribution in [3.8, 4) is 0 Å². The van der Waals surface area contributed by atoms with Gasteiger partial charge in [-0.05, 0) is 23.7 Å². The Balaban J connectivity index is 2.91. The average molecular weight is 182 g/mol. The molecule has 0 saturated heterocycles. The van der Waals surface area contributed by atoms with Crippen molar-refractivity contribution in [3.63, 3.8) is 0 Å². The maximum absolute atomic E-state index is 12.9. The van der Waals surface area contributed by atoms with Gasteiger partial charge in [0.25, 0.3) is 0 Å². The summed E-state index contributed by atoms with van der Waals surface area (Å²) in [4.78, 5) is 10.5. The van der Waals surface area contributed by atoms with E-state index in [0.29, 0.717) is 16.5 Å². The molecule has 1 heterocycles. The van der Waals surface area contributed by atoms with Crippen molar-refractivity contribution < 1.29 is 9.18 Å². The van der Waals surface area contributed by atoms with E-state index < -0.39 is 5.82 Å². The maximum atomic E-state index is 12.9. The molecule has 0 aliphatic carbocycles. The molecule has 1 aromatic carbocycles. The maximum Gasteiger partial charge on any atom is 0.152 e. The lowest BCUT2D eigenvalue weighted by molar-refractivity contribution is 0.112. The first-order valence-corrected chi connectivity index (χ1v) is 3.96. The molecule has 0 atom stereocenters. The second-order valence-corrected chi connectivity index (χ2v) is 2.96. The Labute approximate surface area is 71.0 Å². The Morgan fingerprint density at radius 1 is 1.50 bits per heavy atom. The number of hydrogen-bond acceptors (Lipinski definition) is 4. The van der Waals surface area contributed by atoms with Gasteiger partial charge in [0.15, 0.2) is 12.1 Å². The van der Waals surface area contributed by atoms with Crippen LogP contribution < -0.4 is 0 Å². The smallest absolute Gasteiger partial charge is 0.152 e. The van der Waals surface area contributed by atoms with E-state index in [-0.39, 0.29) is 5.52 Å². The number of aromatic nitrogens is 2. The Kier molecular flexibility index (Phi) is 1.58. The summed E-state index contributed by atoms with van der Waals surface area (Å²) in [5, 5.41) is 3.56. The van der Waals surface area contributed by atoms with Crippen LogP contribution >= 0.6 is 11.5 Å². The molecule has 0 N–H and O–H groups in total. The zero-order valence-corrected chi connectivity index (χ0v) is 6.64. The van der Waals surface area contributed by atoms with Crippen LogP contribution in [0.1, 0.15) is 10.4 Å². The third-order valence-corrected chi connectivity index (χ3v) is 2.29. The summed E-state index contributed by atoms with van der Waals surface area (Å²) < 4.78 is 17.0. The Hall–Kier alpha value is -1.36. The van der Waals surface area contributed by atoms with Gasteiger partial charge in [0, 0.05) is 5.56 Å². The second kappa shape index (κ2) is 2.60. The highest BCUT2D eigenvalue weighted by atomic mass is 32.1. The minimum atomic E-state index is -0.440. The summed E-state index contributed by atoms with van der Waals surface area (Å²) in [6, 6.07) is 2.64. The summed E-state index contributed by atoms with van der Waals surface area (Å²) in [6.07, 6.45) is 0.668. The fourth-order valence-electron chi connectivity index (χ4n) is 0.947. The number of rotatable bonds is 1. The lowest BCUT2D eigenvalue weighted by Gasteiger charge is -1.91. The Morgan fingerprint density at radius 3 is 3.08 bits per heavy atom. The molecule has 0 bridgehead atoms. The number of aldehydes is 1. The third kappa shape index (κ3) is 0.902. The Morgan fingerprint density at radius 2 is 2.33 bits per heavy atom. The minimum absolute atomic E-state index is 0.171. The lowest BCUT2D eigenvalue weighted by atomic mass is 10.2. The van der Waals surface area contributed by atoms with Crippen molar-refractivity contribution in [1.82, 2.24) is 9.59 Å². The quantitative estimate of drug-likeness (QED) is 0.629. The topological polar surface area (TPSA) is 42.9 Å². The predicted molar refractivity (Wildman–Crippen MR) is 42.8 cm³/mol. The molecule has 60 valence electrons. The van der Waals surface area contributed by atoms with Gasteiger partial charge in [-0.25, -0.2) is 4.39 Å². The van der Waals surface area contributed by atoms with E-state index in [1.54, 1.807) is 0 Å². The molecule has 2 rings (SSSR count). The molecule has 1 aromatic heterocycles. The molecule has 0 aliphatic heterocycles. The van der Waals surface area contributed by atoms with Crippen LogP contribution in [0.2, 0.25) is 0 Å². The average Bonchev–Trinajstić information content (AvgIpc) is 2.54. The second-order valence-electron chi connectivity index (χ2n) is 2.21. The number of nitrogens with zero attached hydrogens (tertiary/aromatic N) is 2. The molecule has 0 spiro atoms. The van der Waals surface area contributed by atoms with Crippen LogP contribution in [-0.2, 0) is 0 Å². The van der Waals surface area contributed by atoms with Crippen LogP contribution in [-0.4, -0.2) is 15.9 Å². The van der Waals surface area contributed by atoms with Crippen molar-refractivity contribution in [2.24, 2.45) is 0 Å². The summed E-state index contributed by atoms with van der Waals surface area (Å²) in [6.45, 7) is 0. The monoisotopic (exact) mass is 182 g/mol. The van der Waals surface area contributed by atoms with Crippen molar-refractivity contribution in [2.45, 2.75) is 0 Å². The molecule has 5 heteroatoms. The number of carbonyl (C=O) groups is 1. The molecule has 0 aliphatic rings. The van der Waals surface area contributed by atoms with E-state index in [9.17, 15) is 9.18 Å². The van der Waals surface area contributed by atoms with E-state index in [0.717, 1.165) is 11.5 Å². The van der Waals surface area contributed by atoms with Gasteiger partial charge in [0.2, 0.25) is 0 Å². The highest BCUT2D eigenvalue weighted by molar-refractivity contribution is 7.13. The predicted octanol–water partition coefficient (Wildman–Crippen LogP) is 1.64. The van der Waals surface area contributed by atoms with Crippen molar-refractivity contribution in [2.75, 3.05) is 0 Å². The standard InChI is InChI=1S/C7H3FN2OS/c8-5-2-1-4(3-11)7-6(5)9-10-12-7/h1-3H. The SMILES string of the molecule is O=Cc1ccc(F)c2nnsc12. The summed E-state index contributed by atoms with van der Waals surface area (Å²) in [7, 11) is 0. The van der Waals surface area contributed by atoms with E-state index in [1.165, 1.54) is 12.1 Å². The van der Waals surface area contributed by atoms with Gasteiger partial charge in [0.05, 0.1) is 4.70 Å². The van der Waals surface area contributed by atoms with Crippen molar-refractivity contribution in [3.05, 3.63) is 23.5 Å². The van der Waals surface area contributed by atoms with Crippen LogP contribution in [0.25, 0.3) is 10.2 Å². The summed E-state index contributed by atoms with van der Waals surface area (Å²) in [5.74, 6) is -0.440. The van der Waals surface area contributed by atoms with Crippen LogP contribution in [0.15, 0.2) is 12.1 Å². The van der Waals surface area contributed by atoms with Gasteiger partial charge in [0.1, 0.15) is 5.52 Å². The first-order chi connectivity index (χ1) is 5.83. The van der Waals surface area contributed by atoms with Gasteiger partial charge in [-0.15, -0.1) is 5.10 Å². The van der Waals surface area contributed by atoms with Gasteiger partial charge >= 0.3 is 0 Å². The fourth-order valence-corrected chi connectivity index (χ4v) is 1.60. The number of benzene rings is 1. The number of fused-ring (bicyclic) bond motifs is 1. The van der Waals surface area contributed by atoms with Gasteiger partial charge in [-0.3, -0.25) is 4.79 Å². The molecule has 12 heavy (non-hydrogen) atoms. The van der Waals surface area contributed by atoms with Gasteiger partial charge < -0.3 is 0 Å². The zero-order chi connectivity index (χ0) is 8.55. The molecule has 0 fully saturated rings. The van der Waals surface area contributed by atoms with Crippen LogP contribution in [0.4, 0.5) is 4.39 Å². The van der Waals surface area contributed by atoms with Gasteiger partial charge in [-0.2, -0.15) is 0 Å². The molecule has 3 nitrogen and oxygen atoms in total. The van der Waals surface area contributed by atoms with E-state index in [1.807, 2.05) is 0 Å². The summed E-state index contributed by atoms with van der Waals surface area (Å²) in [5.41, 5.74) is 0.603. The van der Waals surface area contributed by atoms with Crippen molar-refractivity contribution in [1.29, 1.82) is 0 Å². The highest BCUT2D eigenvalue weighted by Crippen LogP contribution is 2.21. The highest BCUT2D eigenvalue weighted by Gasteiger charge is 2.08. The largest absolute Gasteiger partial charge is 0.298 e. The first kappa shape index (κ1) is 7.30. The molecule has 0 amide bonds. The molecule has 0 saturated carbocycles. The van der Waals surface area contributed by atoms with Crippen LogP contribution in [0, 0.1) is 5.82 Å². The normalized spacial score (nSPS) is 10.4. The third-order valence-electron chi connectivity index (χ3n) is 1.51. The first-order valence-electron chi connectivity index (χ1n) is 3.18. The van der Waals surface area contributed by atoms with E-state index >= 15 is 0 Å². The fraction of sp³-hybridized carbons (Fsp3) is 0. The molecule has 2 aromatic rings. The minimum Gasteiger partial charge on any atom is -0.298 e. The number of hydrogen-bond donors (Lipinski definition) is 0. The van der Waals surface area contributed by atoms with Crippen LogP contribution in [0.3, 0.4) is 0 Å². The molecular weight excluding hydrogens is 179 g/mol. The Bertz CT molecular complexity index is 440. The molecule has 0 radical (unpaired) electrons. The van der Waals surface area contributed by atoms with Gasteiger partial charge in [-0.1, -0.05) is 4.49 Å². The molecule has 0 unspecified atom stereocenters. The van der Waals surface area contributed by atoms with E-state index in [2.05, 4.69) is 9.59 Å². The lowest BCUT2D eigenvalue weighted by Crippen LogP contribution is -1.83. The number of halogens is 1. The molecular formula is C7H3FN2OS. The number of carbonyl (C=O) groups excluding carboxylic acids is 1. The van der Waals surface area contributed by atoms with Crippen molar-refractivity contribution >= 4 is 28.0 Å². The summed E-state index contributed by atoms with van der Waals surface area (Å²) >= 11 is 1.02. The van der Waals surface area contributed by atoms with Crippen LogP contribution in [0.5, 0.6) is 0 Å². The zero-order valence-electron chi connectivity index (χ0n) is 5.82. The van der Waals surface area contributed by atoms with E-state index in [4.69, 9.17) is 0 Å².